The van der Waals surface area contributed by atoms with Gasteiger partial charge in [-0.15, -0.1) is 6.58 Å². The quantitative estimate of drug-likeness (QED) is 0.513. The smallest absolute Gasteiger partial charge is 0.0211 e. The fourth-order valence-electron chi connectivity index (χ4n) is 2.70. The Kier molecular flexibility index (Phi) is 8.21. The monoisotopic (exact) mass is 277 g/mol. The molecule has 0 spiro atoms. The van der Waals surface area contributed by atoms with E-state index in [4.69, 9.17) is 5.73 Å². The molecular formula is C19H35N. The van der Waals surface area contributed by atoms with Gasteiger partial charge in [0, 0.05) is 17.9 Å². The molecule has 0 aliphatic rings. The maximum Gasteiger partial charge on any atom is 0.0211 e. The van der Waals surface area contributed by atoms with Crippen LogP contribution >= 0.6 is 0 Å². The SMILES string of the molecule is C=C(C)CC(C)C#CC(C)CC(C)(C)CC(N)C(C)C. The maximum absolute atomic E-state index is 6.21. The van der Waals surface area contributed by atoms with E-state index in [-0.39, 0.29) is 11.5 Å². The van der Waals surface area contributed by atoms with Crippen molar-refractivity contribution < 1.29 is 0 Å². The average molecular weight is 277 g/mol. The summed E-state index contributed by atoms with van der Waals surface area (Å²) in [6.45, 7) is 19.4. The highest BCUT2D eigenvalue weighted by Crippen LogP contribution is 2.31. The van der Waals surface area contributed by atoms with Crippen molar-refractivity contribution in [1.82, 2.24) is 0 Å². The van der Waals surface area contributed by atoms with Crippen LogP contribution in [0.15, 0.2) is 12.2 Å². The van der Waals surface area contributed by atoms with Gasteiger partial charge in [-0.25, -0.2) is 0 Å². The van der Waals surface area contributed by atoms with E-state index in [1.54, 1.807) is 0 Å². The first kappa shape index (κ1) is 19.3. The van der Waals surface area contributed by atoms with Crippen LogP contribution in [0.3, 0.4) is 0 Å². The lowest BCUT2D eigenvalue weighted by Gasteiger charge is -2.31. The Morgan fingerprint density at radius 1 is 1.05 bits per heavy atom. The lowest BCUT2D eigenvalue weighted by molar-refractivity contribution is 0.238. The molecule has 0 amide bonds. The van der Waals surface area contributed by atoms with E-state index in [1.807, 2.05) is 0 Å². The lowest BCUT2D eigenvalue weighted by atomic mass is 9.76. The van der Waals surface area contributed by atoms with E-state index in [9.17, 15) is 0 Å². The molecule has 0 saturated heterocycles. The van der Waals surface area contributed by atoms with Gasteiger partial charge in [0.15, 0.2) is 0 Å². The van der Waals surface area contributed by atoms with Gasteiger partial charge < -0.3 is 5.73 Å². The normalized spacial score (nSPS) is 16.2. The Balaban J connectivity index is 4.41. The van der Waals surface area contributed by atoms with Crippen LogP contribution in [0.4, 0.5) is 0 Å². The van der Waals surface area contributed by atoms with Crippen LogP contribution in [0.1, 0.15) is 67.7 Å². The van der Waals surface area contributed by atoms with Gasteiger partial charge >= 0.3 is 0 Å². The molecule has 20 heavy (non-hydrogen) atoms. The van der Waals surface area contributed by atoms with Crippen molar-refractivity contribution in [3.8, 4) is 11.8 Å². The van der Waals surface area contributed by atoms with Crippen LogP contribution in [0, 0.1) is 35.0 Å². The standard InChI is InChI=1S/C19H35N/c1-14(2)11-16(5)9-10-17(6)12-19(7,8)13-18(20)15(3)4/h15-18H,1,11-13,20H2,2-8H3. The summed E-state index contributed by atoms with van der Waals surface area (Å²) in [6, 6.07) is 0.285. The van der Waals surface area contributed by atoms with E-state index in [0.29, 0.717) is 17.8 Å². The third-order valence-corrected chi connectivity index (χ3v) is 3.73. The summed E-state index contributed by atoms with van der Waals surface area (Å²) in [5.41, 5.74) is 7.68. The summed E-state index contributed by atoms with van der Waals surface area (Å²) < 4.78 is 0. The van der Waals surface area contributed by atoms with Gasteiger partial charge in [-0.05, 0) is 37.5 Å². The van der Waals surface area contributed by atoms with Crippen LogP contribution in [0.2, 0.25) is 0 Å². The van der Waals surface area contributed by atoms with Crippen molar-refractivity contribution in [1.29, 1.82) is 0 Å². The molecule has 0 heterocycles. The van der Waals surface area contributed by atoms with Gasteiger partial charge in [-0.1, -0.05) is 59.0 Å². The highest BCUT2D eigenvalue weighted by atomic mass is 14.6. The number of rotatable bonds is 7. The van der Waals surface area contributed by atoms with Crippen molar-refractivity contribution >= 4 is 0 Å². The fraction of sp³-hybridized carbons (Fsp3) is 0.789. The number of hydrogen-bond acceptors (Lipinski definition) is 1. The Bertz CT molecular complexity index is 354. The van der Waals surface area contributed by atoms with E-state index in [2.05, 4.69) is 66.9 Å². The predicted octanol–water partition coefficient (Wildman–Crippen LogP) is 5.02. The second-order valence-electron chi connectivity index (χ2n) is 7.73. The molecule has 3 unspecified atom stereocenters. The van der Waals surface area contributed by atoms with E-state index in [1.165, 1.54) is 5.57 Å². The Morgan fingerprint density at radius 3 is 2.00 bits per heavy atom. The summed E-state index contributed by atoms with van der Waals surface area (Å²) in [6.07, 6.45) is 3.18. The number of hydrogen-bond donors (Lipinski definition) is 1. The molecule has 1 nitrogen and oxygen atoms in total. The van der Waals surface area contributed by atoms with Gasteiger partial charge in [0.2, 0.25) is 0 Å². The van der Waals surface area contributed by atoms with Gasteiger partial charge in [0.05, 0.1) is 0 Å². The summed E-state index contributed by atoms with van der Waals surface area (Å²) >= 11 is 0. The van der Waals surface area contributed by atoms with E-state index in [0.717, 1.165) is 19.3 Å². The minimum absolute atomic E-state index is 0.259. The summed E-state index contributed by atoms with van der Waals surface area (Å²) in [5.74, 6) is 8.17. The summed E-state index contributed by atoms with van der Waals surface area (Å²) in [4.78, 5) is 0. The van der Waals surface area contributed by atoms with Crippen LogP contribution < -0.4 is 5.73 Å². The Labute approximate surface area is 127 Å². The lowest BCUT2D eigenvalue weighted by Crippen LogP contribution is -2.33. The zero-order valence-corrected chi connectivity index (χ0v) is 14.7. The second-order valence-corrected chi connectivity index (χ2v) is 7.73. The molecule has 2 N–H and O–H groups in total. The molecule has 0 aliphatic carbocycles. The van der Waals surface area contributed by atoms with Crippen molar-refractivity contribution in [2.45, 2.75) is 73.8 Å². The zero-order chi connectivity index (χ0) is 15.9. The summed E-state index contributed by atoms with van der Waals surface area (Å²) in [7, 11) is 0. The fourth-order valence-corrected chi connectivity index (χ4v) is 2.70. The first-order valence-corrected chi connectivity index (χ1v) is 7.94. The van der Waals surface area contributed by atoms with Crippen molar-refractivity contribution in [3.05, 3.63) is 12.2 Å². The minimum Gasteiger partial charge on any atom is -0.327 e. The third kappa shape index (κ3) is 9.21. The minimum atomic E-state index is 0.259. The first-order valence-electron chi connectivity index (χ1n) is 7.94. The molecule has 116 valence electrons. The van der Waals surface area contributed by atoms with Crippen LogP contribution in [-0.4, -0.2) is 6.04 Å². The second kappa shape index (κ2) is 8.53. The van der Waals surface area contributed by atoms with Crippen LogP contribution in [0.25, 0.3) is 0 Å². The molecule has 0 fully saturated rings. The van der Waals surface area contributed by atoms with Crippen LogP contribution in [-0.2, 0) is 0 Å². The molecule has 0 aromatic rings. The van der Waals surface area contributed by atoms with Crippen molar-refractivity contribution in [3.63, 3.8) is 0 Å². The average Bonchev–Trinajstić information content (AvgIpc) is 2.23. The zero-order valence-electron chi connectivity index (χ0n) is 14.7. The molecule has 0 bridgehead atoms. The van der Waals surface area contributed by atoms with Gasteiger partial charge in [-0.2, -0.15) is 0 Å². The molecule has 0 aromatic carbocycles. The van der Waals surface area contributed by atoms with Gasteiger partial charge in [0.25, 0.3) is 0 Å². The molecule has 3 atom stereocenters. The predicted molar refractivity (Wildman–Crippen MR) is 91.4 cm³/mol. The Hall–Kier alpha value is -0.740. The number of nitrogens with two attached hydrogens (primary N) is 1. The number of allylic oxidation sites excluding steroid dienone is 1. The molecular weight excluding hydrogens is 242 g/mol. The maximum atomic E-state index is 6.21. The highest BCUT2D eigenvalue weighted by molar-refractivity contribution is 5.09. The van der Waals surface area contributed by atoms with Crippen molar-refractivity contribution in [2.75, 3.05) is 0 Å². The molecule has 1 heteroatoms. The van der Waals surface area contributed by atoms with E-state index >= 15 is 0 Å². The Morgan fingerprint density at radius 2 is 1.55 bits per heavy atom. The largest absolute Gasteiger partial charge is 0.327 e. The molecule has 0 aromatic heterocycles. The van der Waals surface area contributed by atoms with Gasteiger partial charge in [-0.3, -0.25) is 0 Å². The van der Waals surface area contributed by atoms with E-state index < -0.39 is 0 Å². The first-order chi connectivity index (χ1) is 9.03. The highest BCUT2D eigenvalue weighted by Gasteiger charge is 2.24. The molecule has 0 aliphatic heterocycles. The van der Waals surface area contributed by atoms with Gasteiger partial charge in [0.1, 0.15) is 0 Å². The molecule has 0 saturated carbocycles. The third-order valence-electron chi connectivity index (χ3n) is 3.73. The van der Waals surface area contributed by atoms with Crippen molar-refractivity contribution in [2.24, 2.45) is 28.9 Å². The summed E-state index contributed by atoms with van der Waals surface area (Å²) in [5, 5.41) is 0. The topological polar surface area (TPSA) is 26.0 Å². The molecule has 0 rings (SSSR count). The van der Waals surface area contributed by atoms with Crippen LogP contribution in [0.5, 0.6) is 0 Å². The molecule has 0 radical (unpaired) electrons.